The van der Waals surface area contributed by atoms with E-state index in [0.29, 0.717) is 66.3 Å². The van der Waals surface area contributed by atoms with Crippen molar-refractivity contribution in [1.29, 1.82) is 0 Å². The molecule has 0 N–H and O–H groups in total. The Kier molecular flexibility index (Phi) is 6.50. The summed E-state index contributed by atoms with van der Waals surface area (Å²) < 4.78 is 24.2. The highest BCUT2D eigenvalue weighted by atomic mass is 16.7. The molecule has 2 aromatic carbocycles. The van der Waals surface area contributed by atoms with Crippen LogP contribution < -0.4 is 14.2 Å². The second kappa shape index (κ2) is 10.5. The van der Waals surface area contributed by atoms with Crippen LogP contribution in [0.4, 0.5) is 0 Å². The SMILES string of the molecule is COc1c2c(cc3c1C(c1nnnn1-c1cccc(C(=O)N4CCN(C(=O)c5ccco5)CC4)c1)N(C)CC3)OCO2. The van der Waals surface area contributed by atoms with Crippen molar-refractivity contribution in [3.8, 4) is 22.9 Å². The highest BCUT2D eigenvalue weighted by Gasteiger charge is 2.38. The second-order valence-electron chi connectivity index (χ2n) is 10.4. The van der Waals surface area contributed by atoms with Gasteiger partial charge in [0.15, 0.2) is 23.1 Å². The molecule has 1 unspecified atom stereocenters. The number of tetrazole rings is 1. The largest absolute Gasteiger partial charge is 0.492 e. The van der Waals surface area contributed by atoms with Gasteiger partial charge in [0, 0.05) is 43.9 Å². The van der Waals surface area contributed by atoms with E-state index in [2.05, 4.69) is 20.4 Å². The first-order chi connectivity index (χ1) is 20.5. The van der Waals surface area contributed by atoms with Gasteiger partial charge in [-0.15, -0.1) is 5.10 Å². The van der Waals surface area contributed by atoms with Gasteiger partial charge < -0.3 is 28.4 Å². The molecule has 1 fully saturated rings. The maximum Gasteiger partial charge on any atom is 0.289 e. The Morgan fingerprint density at radius 1 is 0.976 bits per heavy atom. The molecule has 0 radical (unpaired) electrons. The number of furan rings is 1. The van der Waals surface area contributed by atoms with E-state index in [0.717, 1.165) is 24.1 Å². The smallest absolute Gasteiger partial charge is 0.289 e. The van der Waals surface area contributed by atoms with Crippen LogP contribution in [0.2, 0.25) is 0 Å². The second-order valence-corrected chi connectivity index (χ2v) is 10.4. The summed E-state index contributed by atoms with van der Waals surface area (Å²) in [6.45, 7) is 2.62. The van der Waals surface area contributed by atoms with Crippen LogP contribution in [0.3, 0.4) is 0 Å². The van der Waals surface area contributed by atoms with Crippen molar-refractivity contribution in [3.05, 3.63) is 77.0 Å². The molecule has 13 nitrogen and oxygen atoms in total. The Morgan fingerprint density at radius 2 is 1.79 bits per heavy atom. The molecule has 2 amide bonds. The fourth-order valence-corrected chi connectivity index (χ4v) is 5.93. The topological polar surface area (TPSA) is 128 Å². The minimum Gasteiger partial charge on any atom is -0.492 e. The molecule has 0 aliphatic carbocycles. The molecule has 5 heterocycles. The third kappa shape index (κ3) is 4.33. The first kappa shape index (κ1) is 26.0. The third-order valence-electron chi connectivity index (χ3n) is 8.06. The molecule has 42 heavy (non-hydrogen) atoms. The number of carbonyl (C=O) groups excluding carboxylic acids is 2. The average Bonchev–Trinajstić information content (AvgIpc) is 3.82. The molecule has 7 rings (SSSR count). The van der Waals surface area contributed by atoms with Gasteiger partial charge in [0.2, 0.25) is 12.5 Å². The van der Waals surface area contributed by atoms with Crippen LogP contribution in [0.15, 0.2) is 53.1 Å². The summed E-state index contributed by atoms with van der Waals surface area (Å²) in [6.07, 6.45) is 2.29. The number of hydrogen-bond donors (Lipinski definition) is 0. The van der Waals surface area contributed by atoms with Crippen LogP contribution in [0.5, 0.6) is 17.2 Å². The molecule has 4 aromatic rings. The van der Waals surface area contributed by atoms with E-state index in [9.17, 15) is 9.59 Å². The first-order valence-corrected chi connectivity index (χ1v) is 13.7. The Hall–Kier alpha value is -4.91. The van der Waals surface area contributed by atoms with Crippen LogP contribution >= 0.6 is 0 Å². The van der Waals surface area contributed by atoms with Gasteiger partial charge in [-0.1, -0.05) is 6.07 Å². The quantitative estimate of drug-likeness (QED) is 0.352. The molecule has 216 valence electrons. The van der Waals surface area contributed by atoms with Crippen LogP contribution in [0, 0.1) is 0 Å². The van der Waals surface area contributed by atoms with Crippen molar-refractivity contribution in [2.24, 2.45) is 0 Å². The van der Waals surface area contributed by atoms with Crippen molar-refractivity contribution in [2.75, 3.05) is 53.7 Å². The zero-order valence-corrected chi connectivity index (χ0v) is 23.2. The van der Waals surface area contributed by atoms with Crippen LogP contribution in [-0.4, -0.2) is 100 Å². The number of nitrogens with zero attached hydrogens (tertiary/aromatic N) is 7. The van der Waals surface area contributed by atoms with Gasteiger partial charge in [-0.2, -0.15) is 4.68 Å². The zero-order valence-electron chi connectivity index (χ0n) is 23.2. The van der Waals surface area contributed by atoms with Crippen molar-refractivity contribution < 1.29 is 28.2 Å². The summed E-state index contributed by atoms with van der Waals surface area (Å²) in [4.78, 5) is 31.8. The Balaban J connectivity index is 1.16. The van der Waals surface area contributed by atoms with Crippen LogP contribution in [0.1, 0.15) is 43.9 Å². The number of methoxy groups -OCH3 is 1. The van der Waals surface area contributed by atoms with E-state index in [4.69, 9.17) is 18.6 Å². The van der Waals surface area contributed by atoms with Gasteiger partial charge in [-0.3, -0.25) is 14.5 Å². The summed E-state index contributed by atoms with van der Waals surface area (Å²) in [5.74, 6) is 2.46. The number of piperazine rings is 1. The van der Waals surface area contributed by atoms with Crippen molar-refractivity contribution in [2.45, 2.75) is 12.5 Å². The van der Waals surface area contributed by atoms with E-state index in [1.807, 2.05) is 25.2 Å². The maximum absolute atomic E-state index is 13.5. The molecule has 2 aromatic heterocycles. The summed E-state index contributed by atoms with van der Waals surface area (Å²) in [7, 11) is 3.64. The van der Waals surface area contributed by atoms with Gasteiger partial charge in [0.25, 0.3) is 11.8 Å². The molecular weight excluding hydrogens is 542 g/mol. The molecule has 0 bridgehead atoms. The third-order valence-corrected chi connectivity index (χ3v) is 8.06. The number of aromatic nitrogens is 4. The summed E-state index contributed by atoms with van der Waals surface area (Å²) >= 11 is 0. The number of likely N-dealkylation sites (N-methyl/N-ethyl adjacent to an activating group) is 1. The number of fused-ring (bicyclic) bond motifs is 2. The Labute approximate surface area is 241 Å². The average molecular weight is 572 g/mol. The molecule has 3 aliphatic heterocycles. The maximum atomic E-state index is 13.5. The monoisotopic (exact) mass is 571 g/mol. The minimum atomic E-state index is -0.327. The zero-order chi connectivity index (χ0) is 28.8. The number of amides is 2. The standard InChI is InChI=1S/C29H29N7O6/c1-33-9-8-18-16-22-25(42-17-41-22)26(39-2)23(18)24(33)27-30-31-32-36(27)20-6-3-5-19(15-20)28(37)34-10-12-35(13-11-34)29(38)21-7-4-14-40-21/h3-7,14-16,24H,8-13,17H2,1-2H3. The lowest BCUT2D eigenvalue weighted by molar-refractivity contribution is 0.0518. The molecule has 13 heteroatoms. The highest BCUT2D eigenvalue weighted by molar-refractivity contribution is 5.95. The van der Waals surface area contributed by atoms with Gasteiger partial charge in [-0.05, 0) is 65.9 Å². The number of carbonyl (C=O) groups is 2. The van der Waals surface area contributed by atoms with Gasteiger partial charge in [-0.25, -0.2) is 0 Å². The lowest BCUT2D eigenvalue weighted by Gasteiger charge is -2.35. The van der Waals surface area contributed by atoms with Crippen molar-refractivity contribution in [3.63, 3.8) is 0 Å². The Morgan fingerprint density at radius 3 is 2.55 bits per heavy atom. The van der Waals surface area contributed by atoms with Crippen molar-refractivity contribution in [1.82, 2.24) is 34.9 Å². The highest BCUT2D eigenvalue weighted by Crippen LogP contribution is 2.50. The van der Waals surface area contributed by atoms with Gasteiger partial charge in [0.05, 0.1) is 19.1 Å². The molecule has 0 saturated carbocycles. The fraction of sp³-hybridized carbons (Fsp3) is 0.345. The predicted octanol–water partition coefficient (Wildman–Crippen LogP) is 2.17. The summed E-state index contributed by atoms with van der Waals surface area (Å²) in [5.41, 5.74) is 3.19. The first-order valence-electron chi connectivity index (χ1n) is 13.7. The summed E-state index contributed by atoms with van der Waals surface area (Å²) in [5, 5.41) is 12.8. The molecule has 1 atom stereocenters. The molecule has 0 spiro atoms. The van der Waals surface area contributed by atoms with E-state index >= 15 is 0 Å². The summed E-state index contributed by atoms with van der Waals surface area (Å²) in [6, 6.07) is 12.3. The van der Waals surface area contributed by atoms with E-state index < -0.39 is 0 Å². The van der Waals surface area contributed by atoms with E-state index in [1.54, 1.807) is 45.9 Å². The number of benzene rings is 2. The normalized spacial score (nSPS) is 18.2. The van der Waals surface area contributed by atoms with Gasteiger partial charge >= 0.3 is 0 Å². The minimum absolute atomic E-state index is 0.119. The lowest BCUT2D eigenvalue weighted by atomic mass is 9.90. The number of hydrogen-bond acceptors (Lipinski definition) is 10. The molecule has 1 saturated heterocycles. The number of rotatable bonds is 5. The van der Waals surface area contributed by atoms with Gasteiger partial charge in [0.1, 0.15) is 6.04 Å². The molecule has 3 aliphatic rings. The lowest BCUT2D eigenvalue weighted by Crippen LogP contribution is -2.50. The van der Waals surface area contributed by atoms with Crippen LogP contribution in [-0.2, 0) is 6.42 Å². The van der Waals surface area contributed by atoms with E-state index in [-0.39, 0.29) is 24.6 Å². The fourth-order valence-electron chi connectivity index (χ4n) is 5.93. The number of ether oxygens (including phenoxy) is 3. The van der Waals surface area contributed by atoms with Crippen molar-refractivity contribution >= 4 is 11.8 Å². The predicted molar refractivity (Wildman–Crippen MR) is 147 cm³/mol. The molecular formula is C29H29N7O6. The Bertz CT molecular complexity index is 1640. The van der Waals surface area contributed by atoms with Crippen LogP contribution in [0.25, 0.3) is 5.69 Å². The van der Waals surface area contributed by atoms with E-state index in [1.165, 1.54) is 6.26 Å².